The van der Waals surface area contributed by atoms with E-state index in [1.54, 1.807) is 36.7 Å². The Kier molecular flexibility index (Phi) is 5.78. The second-order valence-corrected chi connectivity index (χ2v) is 10.2. The molecule has 35 heavy (non-hydrogen) atoms. The number of amides is 1. The number of piperidine rings is 1. The molecule has 5 rings (SSSR count). The molecule has 0 bridgehead atoms. The zero-order valence-corrected chi connectivity index (χ0v) is 20.2. The lowest BCUT2D eigenvalue weighted by Crippen LogP contribution is -2.40. The molecule has 1 unspecified atom stereocenters. The van der Waals surface area contributed by atoms with E-state index >= 15 is 0 Å². The topological polar surface area (TPSA) is 113 Å². The fraction of sp³-hybridized carbons (Fsp3) is 0.423. The molecule has 1 amide bonds. The van der Waals surface area contributed by atoms with E-state index in [1.807, 2.05) is 22.7 Å². The molecule has 1 atom stereocenters. The summed E-state index contributed by atoms with van der Waals surface area (Å²) >= 11 is 0. The van der Waals surface area contributed by atoms with E-state index in [9.17, 15) is 14.7 Å². The Morgan fingerprint density at radius 3 is 2.54 bits per heavy atom. The predicted molar refractivity (Wildman–Crippen MR) is 131 cm³/mol. The quantitative estimate of drug-likeness (QED) is 0.548. The maximum atomic E-state index is 12.7. The fourth-order valence-electron chi connectivity index (χ4n) is 4.84. The number of nitrogens with one attached hydrogen (secondary N) is 1. The molecule has 1 saturated carbocycles. The van der Waals surface area contributed by atoms with Gasteiger partial charge >= 0.3 is 5.97 Å². The summed E-state index contributed by atoms with van der Waals surface area (Å²) in [6, 6.07) is 7.05. The highest BCUT2D eigenvalue weighted by Gasteiger charge is 2.52. The van der Waals surface area contributed by atoms with Gasteiger partial charge < -0.3 is 15.3 Å². The molecule has 1 saturated heterocycles. The lowest BCUT2D eigenvalue weighted by Gasteiger charge is -2.32. The molecule has 3 aromatic rings. The van der Waals surface area contributed by atoms with E-state index in [0.717, 1.165) is 43.6 Å². The number of nitrogens with zero attached hydrogens (tertiary/aromatic N) is 5. The Hall–Kier alpha value is -3.75. The van der Waals surface area contributed by atoms with Gasteiger partial charge in [0.1, 0.15) is 0 Å². The molecule has 9 heteroatoms. The number of aryl methyl sites for hydroxylation is 1. The highest BCUT2D eigenvalue weighted by Crippen LogP contribution is 2.52. The SMILES string of the molecule is Cc1cnc(Nc2cnn(C3CCN(C(=O)C4CC4(C)C)CC3)c2)nc1-c1ccccc1C(=O)O. The van der Waals surface area contributed by atoms with E-state index in [2.05, 4.69) is 34.2 Å². The average Bonchev–Trinajstić information content (AvgIpc) is 3.25. The summed E-state index contributed by atoms with van der Waals surface area (Å²) in [7, 11) is 0. The number of carboxylic acids is 1. The number of carbonyl (C=O) groups is 2. The van der Waals surface area contributed by atoms with Crippen molar-refractivity contribution in [3.05, 3.63) is 54.0 Å². The van der Waals surface area contributed by atoms with Crippen LogP contribution in [0.5, 0.6) is 0 Å². The minimum absolute atomic E-state index is 0.157. The normalized spacial score (nSPS) is 19.4. The first kappa shape index (κ1) is 23.0. The summed E-state index contributed by atoms with van der Waals surface area (Å²) in [5.74, 6) is -0.143. The number of benzene rings is 1. The Balaban J connectivity index is 1.26. The summed E-state index contributed by atoms with van der Waals surface area (Å²) in [4.78, 5) is 35.3. The summed E-state index contributed by atoms with van der Waals surface area (Å²) in [5.41, 5.74) is 3.02. The number of carbonyl (C=O) groups excluding carboxylic acids is 1. The van der Waals surface area contributed by atoms with Crippen LogP contribution in [-0.4, -0.2) is 54.7 Å². The van der Waals surface area contributed by atoms with Gasteiger partial charge in [0.25, 0.3) is 0 Å². The molecular weight excluding hydrogens is 444 g/mol. The minimum atomic E-state index is -0.997. The standard InChI is InChI=1S/C26H30N6O3/c1-16-13-27-25(30-22(16)19-6-4-5-7-20(19)24(34)35)29-17-14-28-32(15-17)18-8-10-31(11-9-18)23(33)21-12-26(21,2)3/h4-7,13-15,18,21H,8-12H2,1-3H3,(H,34,35)(H,27,29,30). The van der Waals surface area contributed by atoms with Crippen LogP contribution in [0.2, 0.25) is 0 Å². The summed E-state index contributed by atoms with van der Waals surface area (Å²) < 4.78 is 1.94. The number of carboxylic acid groups (broad SMARTS) is 1. The van der Waals surface area contributed by atoms with Gasteiger partial charge in [-0.25, -0.2) is 14.8 Å². The summed E-state index contributed by atoms with van der Waals surface area (Å²) in [5, 5.41) is 17.3. The second kappa shape index (κ2) is 8.79. The van der Waals surface area contributed by atoms with Crippen molar-refractivity contribution in [1.29, 1.82) is 0 Å². The Labute approximate surface area is 204 Å². The number of anilines is 2. The van der Waals surface area contributed by atoms with E-state index in [1.165, 1.54) is 0 Å². The molecule has 3 heterocycles. The summed E-state index contributed by atoms with van der Waals surface area (Å²) in [6.45, 7) is 7.69. The van der Waals surface area contributed by atoms with Crippen LogP contribution in [0.15, 0.2) is 42.9 Å². The lowest BCUT2D eigenvalue weighted by molar-refractivity contribution is -0.134. The molecule has 2 aliphatic rings. The van der Waals surface area contributed by atoms with Gasteiger partial charge in [0.05, 0.1) is 29.2 Å². The van der Waals surface area contributed by atoms with E-state index in [4.69, 9.17) is 0 Å². The Morgan fingerprint density at radius 1 is 1.14 bits per heavy atom. The molecule has 2 aromatic heterocycles. The predicted octanol–water partition coefficient (Wildman–Crippen LogP) is 4.30. The zero-order valence-electron chi connectivity index (χ0n) is 20.2. The van der Waals surface area contributed by atoms with Crippen LogP contribution in [0.1, 0.15) is 55.1 Å². The summed E-state index contributed by atoms with van der Waals surface area (Å²) in [6.07, 6.45) is 8.08. The van der Waals surface area contributed by atoms with E-state index in [-0.39, 0.29) is 22.9 Å². The average molecular weight is 475 g/mol. The monoisotopic (exact) mass is 474 g/mol. The molecule has 2 fully saturated rings. The van der Waals surface area contributed by atoms with Gasteiger partial charge in [-0.2, -0.15) is 5.10 Å². The molecule has 0 spiro atoms. The third-order valence-electron chi connectivity index (χ3n) is 7.20. The number of hydrogen-bond acceptors (Lipinski definition) is 6. The van der Waals surface area contributed by atoms with Gasteiger partial charge in [-0.15, -0.1) is 0 Å². The van der Waals surface area contributed by atoms with Crippen LogP contribution < -0.4 is 5.32 Å². The fourth-order valence-corrected chi connectivity index (χ4v) is 4.84. The third kappa shape index (κ3) is 4.62. The molecule has 1 aliphatic carbocycles. The first-order valence-corrected chi connectivity index (χ1v) is 12.0. The molecule has 9 nitrogen and oxygen atoms in total. The second-order valence-electron chi connectivity index (χ2n) is 10.2. The molecule has 1 aromatic carbocycles. The van der Waals surface area contributed by atoms with Crippen LogP contribution >= 0.6 is 0 Å². The van der Waals surface area contributed by atoms with Crippen molar-refractivity contribution in [2.75, 3.05) is 18.4 Å². The maximum absolute atomic E-state index is 12.7. The first-order valence-electron chi connectivity index (χ1n) is 12.0. The van der Waals surface area contributed by atoms with Crippen molar-refractivity contribution in [2.24, 2.45) is 11.3 Å². The van der Waals surface area contributed by atoms with Crippen molar-refractivity contribution >= 4 is 23.5 Å². The van der Waals surface area contributed by atoms with Gasteiger partial charge in [-0.05, 0) is 43.2 Å². The number of aromatic nitrogens is 4. The van der Waals surface area contributed by atoms with Crippen molar-refractivity contribution in [1.82, 2.24) is 24.6 Å². The Morgan fingerprint density at radius 2 is 1.86 bits per heavy atom. The van der Waals surface area contributed by atoms with E-state index < -0.39 is 5.97 Å². The van der Waals surface area contributed by atoms with Gasteiger partial charge in [0.15, 0.2) is 0 Å². The smallest absolute Gasteiger partial charge is 0.336 e. The third-order valence-corrected chi connectivity index (χ3v) is 7.20. The number of aromatic carboxylic acids is 1. The number of rotatable bonds is 6. The minimum Gasteiger partial charge on any atom is -0.478 e. The zero-order chi connectivity index (χ0) is 24.7. The van der Waals surface area contributed by atoms with Crippen LogP contribution in [0.3, 0.4) is 0 Å². The van der Waals surface area contributed by atoms with Crippen molar-refractivity contribution in [2.45, 2.75) is 46.1 Å². The van der Waals surface area contributed by atoms with Crippen LogP contribution in [-0.2, 0) is 4.79 Å². The highest BCUT2D eigenvalue weighted by atomic mass is 16.4. The van der Waals surface area contributed by atoms with Gasteiger partial charge in [-0.1, -0.05) is 32.0 Å². The largest absolute Gasteiger partial charge is 0.478 e. The number of likely N-dealkylation sites (tertiary alicyclic amines) is 1. The van der Waals surface area contributed by atoms with E-state index in [0.29, 0.717) is 23.1 Å². The van der Waals surface area contributed by atoms with Crippen LogP contribution in [0, 0.1) is 18.3 Å². The lowest BCUT2D eigenvalue weighted by atomic mass is 10.0. The molecule has 2 N–H and O–H groups in total. The van der Waals surface area contributed by atoms with Crippen molar-refractivity contribution in [3.63, 3.8) is 0 Å². The van der Waals surface area contributed by atoms with Crippen molar-refractivity contribution in [3.8, 4) is 11.3 Å². The molecule has 1 aliphatic heterocycles. The van der Waals surface area contributed by atoms with Gasteiger partial charge in [0.2, 0.25) is 11.9 Å². The maximum Gasteiger partial charge on any atom is 0.336 e. The van der Waals surface area contributed by atoms with Gasteiger partial charge in [-0.3, -0.25) is 9.48 Å². The first-order chi connectivity index (χ1) is 16.7. The van der Waals surface area contributed by atoms with Crippen LogP contribution in [0.4, 0.5) is 11.6 Å². The van der Waals surface area contributed by atoms with Crippen LogP contribution in [0.25, 0.3) is 11.3 Å². The molecular formula is C26H30N6O3. The Bertz CT molecular complexity index is 1280. The van der Waals surface area contributed by atoms with Gasteiger partial charge in [0, 0.05) is 37.0 Å². The molecule has 0 radical (unpaired) electrons. The highest BCUT2D eigenvalue weighted by molar-refractivity contribution is 5.95. The van der Waals surface area contributed by atoms with Crippen molar-refractivity contribution < 1.29 is 14.7 Å². The number of hydrogen-bond donors (Lipinski definition) is 2. The molecule has 182 valence electrons.